The van der Waals surface area contributed by atoms with Gasteiger partial charge in [-0.1, -0.05) is 6.07 Å². The van der Waals surface area contributed by atoms with Crippen LogP contribution in [-0.4, -0.2) is 19.1 Å². The van der Waals surface area contributed by atoms with E-state index in [9.17, 15) is 8.78 Å². The lowest BCUT2D eigenvalue weighted by atomic mass is 10.0. The fourth-order valence-electron chi connectivity index (χ4n) is 2.17. The summed E-state index contributed by atoms with van der Waals surface area (Å²) in [5.74, 6) is 0. The molecule has 1 heterocycles. The van der Waals surface area contributed by atoms with Crippen LogP contribution in [-0.2, 0) is 0 Å². The Kier molecular flexibility index (Phi) is 3.94. The first-order valence-electron chi connectivity index (χ1n) is 6.03. The maximum Gasteiger partial charge on any atom is 0.263 e. The fourth-order valence-corrected chi connectivity index (χ4v) is 2.17. The molecule has 0 atom stereocenters. The number of anilines is 1. The van der Waals surface area contributed by atoms with E-state index in [1.807, 2.05) is 6.92 Å². The molecular weight excluding hydrogens is 222 g/mol. The van der Waals surface area contributed by atoms with Crippen LogP contribution in [0.15, 0.2) is 18.2 Å². The lowest BCUT2D eigenvalue weighted by molar-refractivity contribution is 0.151. The molecule has 1 aliphatic rings. The van der Waals surface area contributed by atoms with E-state index < -0.39 is 6.43 Å². The van der Waals surface area contributed by atoms with Gasteiger partial charge in [-0.2, -0.15) is 0 Å². The van der Waals surface area contributed by atoms with Gasteiger partial charge in [0.05, 0.1) is 0 Å². The zero-order valence-electron chi connectivity index (χ0n) is 9.97. The summed E-state index contributed by atoms with van der Waals surface area (Å²) in [7, 11) is 0. The molecule has 1 aliphatic heterocycles. The first-order chi connectivity index (χ1) is 8.16. The number of rotatable bonds is 3. The van der Waals surface area contributed by atoms with Gasteiger partial charge in [0.2, 0.25) is 0 Å². The molecule has 1 fully saturated rings. The summed E-state index contributed by atoms with van der Waals surface area (Å²) in [6.07, 6.45) is -0.229. The Hall–Kier alpha value is -1.16. The second-order valence-electron chi connectivity index (χ2n) is 4.54. The zero-order valence-corrected chi connectivity index (χ0v) is 9.97. The average molecular weight is 240 g/mol. The second-order valence-corrected chi connectivity index (χ2v) is 4.54. The van der Waals surface area contributed by atoms with Crippen molar-refractivity contribution in [2.24, 2.45) is 0 Å². The van der Waals surface area contributed by atoms with Crippen LogP contribution in [0, 0.1) is 6.92 Å². The monoisotopic (exact) mass is 240 g/mol. The third kappa shape index (κ3) is 3.16. The molecule has 2 nitrogen and oxygen atoms in total. The third-order valence-electron chi connectivity index (χ3n) is 3.20. The highest BCUT2D eigenvalue weighted by molar-refractivity contribution is 5.53. The van der Waals surface area contributed by atoms with Gasteiger partial charge in [-0.3, -0.25) is 0 Å². The van der Waals surface area contributed by atoms with Gasteiger partial charge in [0.15, 0.2) is 0 Å². The van der Waals surface area contributed by atoms with Crippen molar-refractivity contribution in [3.63, 3.8) is 0 Å². The van der Waals surface area contributed by atoms with Gasteiger partial charge >= 0.3 is 0 Å². The van der Waals surface area contributed by atoms with E-state index in [4.69, 9.17) is 0 Å². The summed E-state index contributed by atoms with van der Waals surface area (Å²) in [6.45, 7) is 3.91. The second kappa shape index (κ2) is 5.45. The number of benzene rings is 1. The van der Waals surface area contributed by atoms with Crippen LogP contribution in [0.25, 0.3) is 0 Å². The van der Waals surface area contributed by atoms with Crippen molar-refractivity contribution < 1.29 is 8.78 Å². The van der Waals surface area contributed by atoms with Crippen LogP contribution in [0.4, 0.5) is 14.5 Å². The van der Waals surface area contributed by atoms with Crippen LogP contribution in [0.2, 0.25) is 0 Å². The summed E-state index contributed by atoms with van der Waals surface area (Å²) in [5.41, 5.74) is 1.96. The predicted molar refractivity (Wildman–Crippen MR) is 65.7 cm³/mol. The van der Waals surface area contributed by atoms with Gasteiger partial charge in [-0.05, 0) is 50.6 Å². The van der Waals surface area contributed by atoms with Gasteiger partial charge in [0.25, 0.3) is 6.43 Å². The molecule has 1 aromatic rings. The van der Waals surface area contributed by atoms with Crippen molar-refractivity contribution in [1.29, 1.82) is 0 Å². The minimum absolute atomic E-state index is 0.0957. The molecule has 2 rings (SSSR count). The van der Waals surface area contributed by atoms with Crippen LogP contribution in [0.5, 0.6) is 0 Å². The summed E-state index contributed by atoms with van der Waals surface area (Å²) < 4.78 is 25.0. The van der Waals surface area contributed by atoms with Crippen molar-refractivity contribution in [2.75, 3.05) is 18.4 Å². The SMILES string of the molecule is Cc1cc(C(F)F)ccc1NC1CCNCC1. The number of aryl methyl sites for hydroxylation is 1. The Labute approximate surface area is 100 Å². The van der Waals surface area contributed by atoms with Crippen molar-refractivity contribution in [2.45, 2.75) is 32.2 Å². The minimum atomic E-state index is -2.39. The van der Waals surface area contributed by atoms with Gasteiger partial charge in [-0.25, -0.2) is 8.78 Å². The summed E-state index contributed by atoms with van der Waals surface area (Å²) in [4.78, 5) is 0. The highest BCUT2D eigenvalue weighted by Gasteiger charge is 2.14. The molecule has 1 saturated heterocycles. The highest BCUT2D eigenvalue weighted by atomic mass is 19.3. The highest BCUT2D eigenvalue weighted by Crippen LogP contribution is 2.25. The fraction of sp³-hybridized carbons (Fsp3) is 0.538. The first kappa shape index (κ1) is 12.3. The summed E-state index contributed by atoms with van der Waals surface area (Å²) in [5, 5.41) is 6.73. The van der Waals surface area contributed by atoms with Crippen LogP contribution in [0.1, 0.15) is 30.4 Å². The summed E-state index contributed by atoms with van der Waals surface area (Å²) >= 11 is 0. The van der Waals surface area contributed by atoms with E-state index in [1.165, 1.54) is 6.07 Å². The largest absolute Gasteiger partial charge is 0.382 e. The van der Waals surface area contributed by atoms with Gasteiger partial charge in [0, 0.05) is 17.3 Å². The predicted octanol–water partition coefficient (Wildman–Crippen LogP) is 3.10. The molecule has 0 aromatic heterocycles. The van der Waals surface area contributed by atoms with Gasteiger partial charge in [-0.15, -0.1) is 0 Å². The molecule has 0 spiro atoms. The molecule has 2 N–H and O–H groups in total. The Bertz CT molecular complexity index is 374. The zero-order chi connectivity index (χ0) is 12.3. The van der Waals surface area contributed by atoms with Crippen LogP contribution < -0.4 is 10.6 Å². The van der Waals surface area contributed by atoms with Gasteiger partial charge in [0.1, 0.15) is 0 Å². The van der Waals surface area contributed by atoms with Crippen LogP contribution >= 0.6 is 0 Å². The smallest absolute Gasteiger partial charge is 0.263 e. The number of nitrogens with one attached hydrogen (secondary N) is 2. The van der Waals surface area contributed by atoms with Crippen molar-refractivity contribution in [3.05, 3.63) is 29.3 Å². The lowest BCUT2D eigenvalue weighted by Gasteiger charge is -2.25. The molecule has 0 unspecified atom stereocenters. The Balaban J connectivity index is 2.05. The van der Waals surface area contributed by atoms with Gasteiger partial charge < -0.3 is 10.6 Å². The number of alkyl halides is 2. The lowest BCUT2D eigenvalue weighted by Crippen LogP contribution is -2.35. The van der Waals surface area contributed by atoms with Crippen molar-refractivity contribution in [1.82, 2.24) is 5.32 Å². The maximum atomic E-state index is 12.5. The first-order valence-corrected chi connectivity index (χ1v) is 6.03. The number of hydrogen-bond donors (Lipinski definition) is 2. The van der Waals surface area contributed by atoms with E-state index in [1.54, 1.807) is 12.1 Å². The molecule has 0 radical (unpaired) electrons. The molecule has 0 saturated carbocycles. The quantitative estimate of drug-likeness (QED) is 0.848. The molecule has 0 amide bonds. The number of hydrogen-bond acceptors (Lipinski definition) is 2. The normalized spacial score (nSPS) is 17.4. The Morgan fingerprint density at radius 3 is 2.59 bits per heavy atom. The van der Waals surface area contributed by atoms with Crippen molar-refractivity contribution in [3.8, 4) is 0 Å². The topological polar surface area (TPSA) is 24.1 Å². The van der Waals surface area contributed by atoms with E-state index in [0.29, 0.717) is 6.04 Å². The van der Waals surface area contributed by atoms with E-state index in [2.05, 4.69) is 10.6 Å². The molecular formula is C13H18F2N2. The molecule has 0 aliphatic carbocycles. The third-order valence-corrected chi connectivity index (χ3v) is 3.20. The van der Waals surface area contributed by atoms with Crippen molar-refractivity contribution >= 4 is 5.69 Å². The Morgan fingerprint density at radius 1 is 1.29 bits per heavy atom. The molecule has 17 heavy (non-hydrogen) atoms. The molecule has 4 heteroatoms. The van der Waals surface area contributed by atoms with E-state index >= 15 is 0 Å². The number of piperidine rings is 1. The Morgan fingerprint density at radius 2 is 2.00 bits per heavy atom. The van der Waals surface area contributed by atoms with Crippen LogP contribution in [0.3, 0.4) is 0 Å². The standard InChI is InChI=1S/C13H18F2N2/c1-9-8-10(13(14)15)2-3-12(9)17-11-4-6-16-7-5-11/h2-3,8,11,13,16-17H,4-7H2,1H3. The minimum Gasteiger partial charge on any atom is -0.382 e. The van der Waals surface area contributed by atoms with E-state index in [-0.39, 0.29) is 5.56 Å². The average Bonchev–Trinajstić information content (AvgIpc) is 2.33. The number of halogens is 2. The molecule has 0 bridgehead atoms. The molecule has 1 aromatic carbocycles. The molecule has 94 valence electrons. The summed E-state index contributed by atoms with van der Waals surface area (Å²) in [6, 6.07) is 5.28. The van der Waals surface area contributed by atoms with E-state index in [0.717, 1.165) is 37.2 Å². The maximum absolute atomic E-state index is 12.5.